The normalized spacial score (nSPS) is 11.2. The summed E-state index contributed by atoms with van der Waals surface area (Å²) in [5.41, 5.74) is 10.8. The summed E-state index contributed by atoms with van der Waals surface area (Å²) >= 11 is 5.81. The van der Waals surface area contributed by atoms with Crippen LogP contribution < -0.4 is 16.2 Å². The number of amides is 1. The first-order valence-corrected chi connectivity index (χ1v) is 5.18. The van der Waals surface area contributed by atoms with Gasteiger partial charge in [0.05, 0.1) is 5.56 Å². The Morgan fingerprint density at radius 2 is 2.12 bits per heavy atom. The van der Waals surface area contributed by atoms with E-state index >= 15 is 0 Å². The average molecular weight is 243 g/mol. The molecule has 0 unspecified atom stereocenters. The SMILES string of the molecule is CC(C)(N)COc1cc(Cl)ccc1C(N)=O. The molecule has 0 saturated carbocycles. The number of nitrogens with two attached hydrogens (primary N) is 2. The first-order valence-electron chi connectivity index (χ1n) is 4.80. The van der Waals surface area contributed by atoms with Crippen molar-refractivity contribution in [3.8, 4) is 5.75 Å². The van der Waals surface area contributed by atoms with Crippen LogP contribution in [-0.4, -0.2) is 18.1 Å². The molecular formula is C11H15ClN2O2. The van der Waals surface area contributed by atoms with E-state index in [-0.39, 0.29) is 6.61 Å². The van der Waals surface area contributed by atoms with Gasteiger partial charge in [0, 0.05) is 10.6 Å². The van der Waals surface area contributed by atoms with Gasteiger partial charge < -0.3 is 16.2 Å². The minimum absolute atomic E-state index is 0.271. The highest BCUT2D eigenvalue weighted by Gasteiger charge is 2.15. The molecular weight excluding hydrogens is 228 g/mol. The lowest BCUT2D eigenvalue weighted by molar-refractivity contribution is 0.0995. The summed E-state index contributed by atoms with van der Waals surface area (Å²) in [4.78, 5) is 11.1. The van der Waals surface area contributed by atoms with Crippen LogP contribution in [0.1, 0.15) is 24.2 Å². The van der Waals surface area contributed by atoms with Crippen LogP contribution in [0.5, 0.6) is 5.75 Å². The van der Waals surface area contributed by atoms with Gasteiger partial charge in [-0.05, 0) is 32.0 Å². The number of rotatable bonds is 4. The maximum atomic E-state index is 11.1. The van der Waals surface area contributed by atoms with E-state index in [1.165, 1.54) is 6.07 Å². The number of benzene rings is 1. The van der Waals surface area contributed by atoms with Crippen LogP contribution in [0, 0.1) is 0 Å². The third kappa shape index (κ3) is 3.72. The second kappa shape index (κ2) is 4.72. The van der Waals surface area contributed by atoms with Crippen LogP contribution in [0.15, 0.2) is 18.2 Å². The molecule has 16 heavy (non-hydrogen) atoms. The largest absolute Gasteiger partial charge is 0.491 e. The summed E-state index contributed by atoms with van der Waals surface area (Å²) in [5.74, 6) is -0.194. The highest BCUT2D eigenvalue weighted by molar-refractivity contribution is 6.30. The van der Waals surface area contributed by atoms with E-state index in [9.17, 15) is 4.79 Å². The van der Waals surface area contributed by atoms with Gasteiger partial charge in [0.25, 0.3) is 5.91 Å². The number of carbonyl (C=O) groups excluding carboxylic acids is 1. The lowest BCUT2D eigenvalue weighted by Gasteiger charge is -2.20. The standard InChI is InChI=1S/C11H15ClN2O2/c1-11(2,14)6-16-9-5-7(12)3-4-8(9)10(13)15/h3-5H,6,14H2,1-2H3,(H2,13,15). The molecule has 4 nitrogen and oxygen atoms in total. The molecule has 1 amide bonds. The van der Waals surface area contributed by atoms with Crippen molar-refractivity contribution in [3.05, 3.63) is 28.8 Å². The van der Waals surface area contributed by atoms with Gasteiger partial charge in [-0.1, -0.05) is 11.6 Å². The van der Waals surface area contributed by atoms with Crippen LogP contribution in [0.2, 0.25) is 5.02 Å². The smallest absolute Gasteiger partial charge is 0.252 e. The molecule has 0 radical (unpaired) electrons. The Hall–Kier alpha value is -1.26. The van der Waals surface area contributed by atoms with Crippen LogP contribution >= 0.6 is 11.6 Å². The Morgan fingerprint density at radius 3 is 2.62 bits per heavy atom. The maximum Gasteiger partial charge on any atom is 0.252 e. The molecule has 0 heterocycles. The Balaban J connectivity index is 2.93. The molecule has 0 spiro atoms. The van der Waals surface area contributed by atoms with Crippen molar-refractivity contribution in [2.75, 3.05) is 6.61 Å². The van der Waals surface area contributed by atoms with Crippen LogP contribution in [0.3, 0.4) is 0 Å². The van der Waals surface area contributed by atoms with Gasteiger partial charge in [0.1, 0.15) is 12.4 Å². The van der Waals surface area contributed by atoms with E-state index in [1.54, 1.807) is 12.1 Å². The van der Waals surface area contributed by atoms with Crippen molar-refractivity contribution < 1.29 is 9.53 Å². The van der Waals surface area contributed by atoms with Crippen molar-refractivity contribution in [2.45, 2.75) is 19.4 Å². The number of carbonyl (C=O) groups is 1. The molecule has 0 aliphatic heterocycles. The quantitative estimate of drug-likeness (QED) is 0.841. The van der Waals surface area contributed by atoms with Gasteiger partial charge >= 0.3 is 0 Å². The molecule has 0 bridgehead atoms. The molecule has 0 aromatic heterocycles. The number of primary amides is 1. The summed E-state index contributed by atoms with van der Waals surface area (Å²) in [5, 5.41) is 0.481. The van der Waals surface area contributed by atoms with E-state index in [1.807, 2.05) is 13.8 Å². The fourth-order valence-corrected chi connectivity index (χ4v) is 1.24. The van der Waals surface area contributed by atoms with E-state index < -0.39 is 11.4 Å². The summed E-state index contributed by atoms with van der Waals surface area (Å²) in [6.45, 7) is 3.91. The van der Waals surface area contributed by atoms with Crippen molar-refractivity contribution >= 4 is 17.5 Å². The van der Waals surface area contributed by atoms with E-state index in [0.717, 1.165) is 0 Å². The maximum absolute atomic E-state index is 11.1. The molecule has 1 rings (SSSR count). The van der Waals surface area contributed by atoms with Gasteiger partial charge in [-0.2, -0.15) is 0 Å². The fourth-order valence-electron chi connectivity index (χ4n) is 1.08. The Labute approximate surface area is 99.5 Å². The lowest BCUT2D eigenvalue weighted by atomic mass is 10.1. The number of halogens is 1. The molecule has 0 aliphatic carbocycles. The van der Waals surface area contributed by atoms with Crippen molar-refractivity contribution in [1.29, 1.82) is 0 Å². The summed E-state index contributed by atoms with van der Waals surface area (Å²) in [7, 11) is 0. The van der Waals surface area contributed by atoms with E-state index in [4.69, 9.17) is 27.8 Å². The topological polar surface area (TPSA) is 78.3 Å². The molecule has 0 aliphatic rings. The first kappa shape index (κ1) is 12.8. The van der Waals surface area contributed by atoms with Crippen molar-refractivity contribution in [3.63, 3.8) is 0 Å². The molecule has 0 saturated heterocycles. The Morgan fingerprint density at radius 1 is 1.50 bits per heavy atom. The van der Waals surface area contributed by atoms with E-state index in [0.29, 0.717) is 16.3 Å². The molecule has 4 N–H and O–H groups in total. The van der Waals surface area contributed by atoms with Crippen molar-refractivity contribution in [2.24, 2.45) is 11.5 Å². The van der Waals surface area contributed by atoms with Crippen LogP contribution in [0.4, 0.5) is 0 Å². The van der Waals surface area contributed by atoms with Crippen LogP contribution in [0.25, 0.3) is 0 Å². The second-order valence-electron chi connectivity index (χ2n) is 4.28. The molecule has 1 aromatic carbocycles. The zero-order valence-electron chi connectivity index (χ0n) is 9.29. The summed E-state index contributed by atoms with van der Waals surface area (Å²) < 4.78 is 5.43. The van der Waals surface area contributed by atoms with Crippen molar-refractivity contribution in [1.82, 2.24) is 0 Å². The first-order chi connectivity index (χ1) is 7.29. The monoisotopic (exact) mass is 242 g/mol. The minimum Gasteiger partial charge on any atom is -0.491 e. The molecule has 0 fully saturated rings. The number of ether oxygens (including phenoxy) is 1. The predicted octanol–water partition coefficient (Wildman–Crippen LogP) is 1.55. The van der Waals surface area contributed by atoms with E-state index in [2.05, 4.69) is 0 Å². The number of hydrogen-bond donors (Lipinski definition) is 2. The van der Waals surface area contributed by atoms with Gasteiger partial charge in [0.15, 0.2) is 0 Å². The zero-order valence-corrected chi connectivity index (χ0v) is 10.0. The molecule has 1 aromatic rings. The molecule has 0 atom stereocenters. The third-order valence-electron chi connectivity index (χ3n) is 1.81. The highest BCUT2D eigenvalue weighted by Crippen LogP contribution is 2.23. The summed E-state index contributed by atoms with van der Waals surface area (Å²) in [6.07, 6.45) is 0. The van der Waals surface area contributed by atoms with Crippen LogP contribution in [-0.2, 0) is 0 Å². The van der Waals surface area contributed by atoms with Gasteiger partial charge in [-0.25, -0.2) is 0 Å². The van der Waals surface area contributed by atoms with Gasteiger partial charge in [-0.3, -0.25) is 4.79 Å². The van der Waals surface area contributed by atoms with Gasteiger partial charge in [-0.15, -0.1) is 0 Å². The number of hydrogen-bond acceptors (Lipinski definition) is 3. The summed E-state index contributed by atoms with van der Waals surface area (Å²) in [6, 6.07) is 4.67. The Kier molecular flexibility index (Phi) is 3.78. The highest BCUT2D eigenvalue weighted by atomic mass is 35.5. The lowest BCUT2D eigenvalue weighted by Crippen LogP contribution is -2.39. The molecule has 88 valence electrons. The van der Waals surface area contributed by atoms with Gasteiger partial charge in [0.2, 0.25) is 0 Å². The molecule has 5 heteroatoms. The fraction of sp³-hybridized carbons (Fsp3) is 0.364. The Bertz CT molecular complexity index is 399. The average Bonchev–Trinajstić information content (AvgIpc) is 2.13. The zero-order chi connectivity index (χ0) is 12.3. The minimum atomic E-state index is -0.554. The predicted molar refractivity (Wildman–Crippen MR) is 63.7 cm³/mol. The third-order valence-corrected chi connectivity index (χ3v) is 2.04. The second-order valence-corrected chi connectivity index (χ2v) is 4.72.